The SMILES string of the molecule is C/C=C(\c1c(CC)ncnc1N1CCN(C(=O)OC(C)(C)C)C[C@@H]1C)C1CC1. The summed E-state index contributed by atoms with van der Waals surface area (Å²) in [5.74, 6) is 1.65. The summed E-state index contributed by atoms with van der Waals surface area (Å²) in [6.07, 6.45) is 7.08. The monoisotopic (exact) mass is 386 g/mol. The standard InChI is InChI=1S/C22H34N4O2/c1-7-17(16-9-10-16)19-18(8-2)23-14-24-20(19)26-12-11-25(13-15(26)3)21(27)28-22(4,5)6/h7,14-16H,8-13H2,1-6H3/b17-7-/t15-/m0/s1. The van der Waals surface area contributed by atoms with Gasteiger partial charge in [-0.25, -0.2) is 14.8 Å². The van der Waals surface area contributed by atoms with Crippen LogP contribution < -0.4 is 4.90 Å². The van der Waals surface area contributed by atoms with Gasteiger partial charge < -0.3 is 14.5 Å². The molecule has 0 N–H and O–H groups in total. The number of rotatable bonds is 4. The number of nitrogens with zero attached hydrogens (tertiary/aromatic N) is 4. The van der Waals surface area contributed by atoms with E-state index >= 15 is 0 Å². The van der Waals surface area contributed by atoms with Crippen molar-refractivity contribution in [2.45, 2.75) is 72.4 Å². The fourth-order valence-electron chi connectivity index (χ4n) is 3.94. The van der Waals surface area contributed by atoms with Crippen molar-refractivity contribution in [1.82, 2.24) is 14.9 Å². The molecule has 1 aromatic heterocycles. The average Bonchev–Trinajstić information content (AvgIpc) is 3.46. The zero-order valence-electron chi connectivity index (χ0n) is 18.2. The number of hydrogen-bond acceptors (Lipinski definition) is 5. The molecule has 1 saturated carbocycles. The largest absolute Gasteiger partial charge is 0.444 e. The van der Waals surface area contributed by atoms with Crippen molar-refractivity contribution < 1.29 is 9.53 Å². The first-order chi connectivity index (χ1) is 13.2. The Morgan fingerprint density at radius 1 is 1.29 bits per heavy atom. The molecule has 0 radical (unpaired) electrons. The molecule has 0 bridgehead atoms. The van der Waals surface area contributed by atoms with E-state index in [-0.39, 0.29) is 12.1 Å². The third kappa shape index (κ3) is 4.47. The Hall–Kier alpha value is -2.11. The van der Waals surface area contributed by atoms with Crippen LogP contribution in [0.25, 0.3) is 5.57 Å². The van der Waals surface area contributed by atoms with E-state index in [1.54, 1.807) is 6.33 Å². The molecule has 2 fully saturated rings. The van der Waals surface area contributed by atoms with Crippen molar-refractivity contribution in [3.63, 3.8) is 0 Å². The highest BCUT2D eigenvalue weighted by atomic mass is 16.6. The van der Waals surface area contributed by atoms with Gasteiger partial charge in [0.25, 0.3) is 0 Å². The number of allylic oxidation sites excluding steroid dienone is 2. The van der Waals surface area contributed by atoms with Crippen molar-refractivity contribution in [3.8, 4) is 0 Å². The van der Waals surface area contributed by atoms with Crippen LogP contribution in [0.5, 0.6) is 0 Å². The number of aromatic nitrogens is 2. The van der Waals surface area contributed by atoms with Crippen LogP contribution in [0.1, 0.15) is 65.6 Å². The third-order valence-corrected chi connectivity index (χ3v) is 5.41. The lowest BCUT2D eigenvalue weighted by Gasteiger charge is -2.41. The summed E-state index contributed by atoms with van der Waals surface area (Å²) in [6.45, 7) is 14.2. The second-order valence-electron chi connectivity index (χ2n) is 8.86. The summed E-state index contributed by atoms with van der Waals surface area (Å²) in [4.78, 5) is 25.9. The molecule has 2 heterocycles. The highest BCUT2D eigenvalue weighted by molar-refractivity contribution is 5.79. The molecule has 1 aliphatic carbocycles. The first-order valence-corrected chi connectivity index (χ1v) is 10.5. The summed E-state index contributed by atoms with van der Waals surface area (Å²) < 4.78 is 5.56. The van der Waals surface area contributed by atoms with Crippen molar-refractivity contribution >= 4 is 17.5 Å². The van der Waals surface area contributed by atoms with Gasteiger partial charge in [-0.2, -0.15) is 0 Å². The lowest BCUT2D eigenvalue weighted by atomic mass is 9.97. The van der Waals surface area contributed by atoms with Crippen LogP contribution in [0.3, 0.4) is 0 Å². The van der Waals surface area contributed by atoms with E-state index in [0.29, 0.717) is 19.0 Å². The van der Waals surface area contributed by atoms with Gasteiger partial charge in [0.05, 0.1) is 5.69 Å². The Morgan fingerprint density at radius 3 is 2.54 bits per heavy atom. The van der Waals surface area contributed by atoms with Gasteiger partial charge in [0.15, 0.2) is 0 Å². The average molecular weight is 387 g/mol. The number of carbonyl (C=O) groups excluding carboxylic acids is 1. The van der Waals surface area contributed by atoms with E-state index in [2.05, 4.69) is 36.7 Å². The van der Waals surface area contributed by atoms with Crippen molar-refractivity contribution in [2.24, 2.45) is 5.92 Å². The minimum Gasteiger partial charge on any atom is -0.444 e. The minimum absolute atomic E-state index is 0.164. The number of anilines is 1. The summed E-state index contributed by atoms with van der Waals surface area (Å²) in [7, 11) is 0. The van der Waals surface area contributed by atoms with E-state index < -0.39 is 5.60 Å². The maximum absolute atomic E-state index is 12.5. The van der Waals surface area contributed by atoms with E-state index in [1.807, 2.05) is 25.7 Å². The van der Waals surface area contributed by atoms with Crippen LogP contribution in [-0.4, -0.2) is 52.2 Å². The smallest absolute Gasteiger partial charge is 0.410 e. The molecule has 6 heteroatoms. The second kappa shape index (κ2) is 8.10. The molecule has 0 spiro atoms. The number of amides is 1. The van der Waals surface area contributed by atoms with Crippen molar-refractivity contribution in [1.29, 1.82) is 0 Å². The number of carbonyl (C=O) groups is 1. The fraction of sp³-hybridized carbons (Fsp3) is 0.682. The Morgan fingerprint density at radius 2 is 2.00 bits per heavy atom. The maximum atomic E-state index is 12.5. The van der Waals surface area contributed by atoms with Gasteiger partial charge in [0.1, 0.15) is 17.7 Å². The van der Waals surface area contributed by atoms with Gasteiger partial charge in [-0.3, -0.25) is 0 Å². The molecule has 28 heavy (non-hydrogen) atoms. The minimum atomic E-state index is -0.474. The first-order valence-electron chi connectivity index (χ1n) is 10.5. The first kappa shape index (κ1) is 20.6. The highest BCUT2D eigenvalue weighted by Crippen LogP contribution is 2.45. The molecule has 1 aliphatic heterocycles. The zero-order valence-corrected chi connectivity index (χ0v) is 18.2. The summed E-state index contributed by atoms with van der Waals surface area (Å²) in [6, 6.07) is 0.164. The number of hydrogen-bond donors (Lipinski definition) is 0. The van der Waals surface area contributed by atoms with E-state index in [1.165, 1.54) is 24.0 Å². The molecule has 154 valence electrons. The molecule has 1 amide bonds. The molecule has 2 aliphatic rings. The van der Waals surface area contributed by atoms with Gasteiger partial charge in [-0.1, -0.05) is 13.0 Å². The lowest BCUT2D eigenvalue weighted by Crippen LogP contribution is -2.55. The maximum Gasteiger partial charge on any atom is 0.410 e. The molecule has 1 atom stereocenters. The van der Waals surface area contributed by atoms with Crippen LogP contribution in [0, 0.1) is 5.92 Å². The molecular formula is C22H34N4O2. The summed E-state index contributed by atoms with van der Waals surface area (Å²) >= 11 is 0. The van der Waals surface area contributed by atoms with Crippen molar-refractivity contribution in [3.05, 3.63) is 23.7 Å². The molecule has 0 aromatic carbocycles. The number of piperazine rings is 1. The van der Waals surface area contributed by atoms with E-state index in [9.17, 15) is 4.79 Å². The quantitative estimate of drug-likeness (QED) is 0.772. The topological polar surface area (TPSA) is 58.6 Å². The fourth-order valence-corrected chi connectivity index (χ4v) is 3.94. The van der Waals surface area contributed by atoms with Crippen LogP contribution in [0.2, 0.25) is 0 Å². The molecule has 1 aromatic rings. The molecule has 1 saturated heterocycles. The lowest BCUT2D eigenvalue weighted by molar-refractivity contribution is 0.0218. The molecular weight excluding hydrogens is 352 g/mol. The van der Waals surface area contributed by atoms with Gasteiger partial charge in [0, 0.05) is 31.2 Å². The van der Waals surface area contributed by atoms with Gasteiger partial charge >= 0.3 is 6.09 Å². The predicted octanol–water partition coefficient (Wildman–Crippen LogP) is 4.30. The third-order valence-electron chi connectivity index (χ3n) is 5.41. The zero-order chi connectivity index (χ0) is 20.5. The van der Waals surface area contributed by atoms with E-state index in [0.717, 1.165) is 24.5 Å². The molecule has 3 rings (SSSR count). The Balaban J connectivity index is 1.84. The van der Waals surface area contributed by atoms with Gasteiger partial charge in [0.2, 0.25) is 0 Å². The molecule has 6 nitrogen and oxygen atoms in total. The Labute approximate surface area is 169 Å². The van der Waals surface area contributed by atoms with Crippen LogP contribution in [0.15, 0.2) is 12.4 Å². The normalized spacial score (nSPS) is 21.1. The van der Waals surface area contributed by atoms with Crippen molar-refractivity contribution in [2.75, 3.05) is 24.5 Å². The van der Waals surface area contributed by atoms with Gasteiger partial charge in [-0.05, 0) is 65.4 Å². The Kier molecular flexibility index (Phi) is 5.96. The van der Waals surface area contributed by atoms with Crippen LogP contribution >= 0.6 is 0 Å². The van der Waals surface area contributed by atoms with Crippen LogP contribution in [-0.2, 0) is 11.2 Å². The van der Waals surface area contributed by atoms with Crippen LogP contribution in [0.4, 0.5) is 10.6 Å². The number of aryl methyl sites for hydroxylation is 1. The summed E-state index contributed by atoms with van der Waals surface area (Å²) in [5, 5.41) is 0. The van der Waals surface area contributed by atoms with Gasteiger partial charge in [-0.15, -0.1) is 0 Å². The predicted molar refractivity (Wildman–Crippen MR) is 112 cm³/mol. The molecule has 0 unspecified atom stereocenters. The highest BCUT2D eigenvalue weighted by Gasteiger charge is 2.35. The summed E-state index contributed by atoms with van der Waals surface area (Å²) in [5.41, 5.74) is 3.24. The Bertz CT molecular complexity index is 749. The number of ether oxygens (including phenoxy) is 1. The second-order valence-corrected chi connectivity index (χ2v) is 8.86. The van der Waals surface area contributed by atoms with E-state index in [4.69, 9.17) is 9.72 Å².